The molecule has 0 spiro atoms. The molecule has 0 aliphatic rings. The molecule has 0 fully saturated rings. The highest BCUT2D eigenvalue weighted by Gasteiger charge is 2.30. The van der Waals surface area contributed by atoms with Gasteiger partial charge in [-0.15, -0.1) is 0 Å². The van der Waals surface area contributed by atoms with E-state index in [2.05, 4.69) is 0 Å². The van der Waals surface area contributed by atoms with E-state index in [-0.39, 0.29) is 0 Å². The maximum atomic E-state index is 12.1. The minimum atomic E-state index is -0.791. The molecule has 0 heterocycles. The van der Waals surface area contributed by atoms with Gasteiger partial charge in [0.15, 0.2) is 14.7 Å². The van der Waals surface area contributed by atoms with Gasteiger partial charge in [-0.25, -0.2) is 14.4 Å². The minimum Gasteiger partial charge on any atom is -0.428 e. The number of carbonyl (C=O) groups excluding carboxylic acids is 3. The molecule has 0 N–H and O–H groups in total. The molecule has 0 amide bonds. The Kier molecular flexibility index (Phi) is 10.4. The summed E-state index contributed by atoms with van der Waals surface area (Å²) in [6.07, 6.45) is -2.37. The number of rotatable bonds is 6. The van der Waals surface area contributed by atoms with Crippen LogP contribution in [-0.4, -0.2) is 35.3 Å². The molecule has 43 heavy (non-hydrogen) atoms. The molecule has 0 aromatic heterocycles. The smallest absolute Gasteiger partial charge is 0.428 e. The molecule has 0 aliphatic heterocycles. The average molecular weight is 612 g/mol. The molecule has 0 saturated carbocycles. The van der Waals surface area contributed by atoms with Crippen LogP contribution in [0.4, 0.5) is 14.4 Å². The van der Waals surface area contributed by atoms with Gasteiger partial charge in [0.2, 0.25) is 0 Å². The first-order valence-corrected chi connectivity index (χ1v) is 14.9. The zero-order valence-electron chi connectivity index (χ0n) is 26.0. The van der Waals surface area contributed by atoms with E-state index in [1.165, 1.54) is 0 Å². The van der Waals surface area contributed by atoms with Gasteiger partial charge in [0.05, 0.1) is 10.9 Å². The molecule has 10 heteroatoms. The van der Waals surface area contributed by atoms with Crippen LogP contribution >= 0.6 is 0 Å². The second-order valence-corrected chi connectivity index (χ2v) is 14.4. The fraction of sp³-hybridized carbons (Fsp3) is 0.364. The molecule has 230 valence electrons. The van der Waals surface area contributed by atoms with Gasteiger partial charge in [-0.05, 0) is 135 Å². The van der Waals surface area contributed by atoms with Crippen LogP contribution < -0.4 is 14.2 Å². The van der Waals surface area contributed by atoms with E-state index >= 15 is 0 Å². The first-order valence-electron chi connectivity index (χ1n) is 13.6. The molecule has 3 aromatic carbocycles. The predicted octanol–water partition coefficient (Wildman–Crippen LogP) is 8.72. The third kappa shape index (κ3) is 11.5. The van der Waals surface area contributed by atoms with Crippen molar-refractivity contribution in [2.45, 2.75) is 93.8 Å². The molecule has 0 unspecified atom stereocenters. The van der Waals surface area contributed by atoms with Gasteiger partial charge >= 0.3 is 18.5 Å². The van der Waals surface area contributed by atoms with E-state index in [9.17, 15) is 14.4 Å². The Morgan fingerprint density at radius 2 is 0.628 bits per heavy atom. The van der Waals surface area contributed by atoms with Crippen LogP contribution in [0.15, 0.2) is 87.5 Å². The Labute approximate surface area is 255 Å². The van der Waals surface area contributed by atoms with Crippen molar-refractivity contribution >= 4 is 29.4 Å². The number of hydrogen-bond acceptors (Lipinski definition) is 9. The maximum absolute atomic E-state index is 12.1. The Morgan fingerprint density at radius 1 is 0.419 bits per heavy atom. The molecule has 0 saturated heterocycles. The number of hydrogen-bond donors (Lipinski definition) is 0. The zero-order valence-corrected chi connectivity index (χ0v) is 26.8. The molecule has 3 aromatic rings. The number of benzene rings is 3. The van der Waals surface area contributed by atoms with Crippen LogP contribution in [0.25, 0.3) is 0 Å². The molecule has 9 nitrogen and oxygen atoms in total. The summed E-state index contributed by atoms with van der Waals surface area (Å²) < 4.78 is 31.7. The lowest BCUT2D eigenvalue weighted by molar-refractivity contribution is 0.0193. The summed E-state index contributed by atoms with van der Waals surface area (Å²) in [4.78, 5) is 39.1. The normalized spacial score (nSPS) is 11.9. The Hall–Kier alpha value is -4.18. The van der Waals surface area contributed by atoms with Crippen molar-refractivity contribution in [2.24, 2.45) is 0 Å². The Morgan fingerprint density at radius 3 is 0.814 bits per heavy atom. The minimum absolute atomic E-state index is 0.337. The van der Waals surface area contributed by atoms with E-state index in [0.717, 1.165) is 14.7 Å². The molecule has 0 radical (unpaired) electrons. The third-order valence-electron chi connectivity index (χ3n) is 4.95. The summed E-state index contributed by atoms with van der Waals surface area (Å²) in [6.45, 7) is 15.8. The van der Waals surface area contributed by atoms with E-state index in [4.69, 9.17) is 28.4 Å². The summed E-state index contributed by atoms with van der Waals surface area (Å²) in [5.74, 6) is 1.01. The van der Waals surface area contributed by atoms with Gasteiger partial charge in [-0.2, -0.15) is 0 Å². The first-order chi connectivity index (χ1) is 19.9. The SMILES string of the molecule is CC(C)(C)OC(=O)Oc1ccc([S+](c2ccc(OC(=O)OC(C)(C)C)cc2)c2ccc(OC(=O)OC(C)(C)C)cc2)cc1. The lowest BCUT2D eigenvalue weighted by Gasteiger charge is -2.19. The molecule has 3 rings (SSSR count). The second-order valence-electron chi connectivity index (χ2n) is 12.4. The highest BCUT2D eigenvalue weighted by Crippen LogP contribution is 2.34. The van der Waals surface area contributed by atoms with E-state index in [1.807, 2.05) is 36.4 Å². The van der Waals surface area contributed by atoms with Crippen LogP contribution in [0.3, 0.4) is 0 Å². The topological polar surface area (TPSA) is 107 Å². The van der Waals surface area contributed by atoms with Gasteiger partial charge in [-0.3, -0.25) is 0 Å². The Balaban J connectivity index is 1.88. The summed E-state index contributed by atoms with van der Waals surface area (Å²) in [7, 11) is -0.640. The molecule has 0 atom stereocenters. The standard InChI is InChI=1S/C33H39O9S/c1-31(2,3)40-28(34)37-22-10-16-25(17-11-22)43(26-18-12-23(13-19-26)38-29(35)41-32(4,5)6)27-20-14-24(15-21-27)39-30(36)42-33(7,8)9/h10-21H,1-9H3/q+1. The van der Waals surface area contributed by atoms with Gasteiger partial charge in [-0.1, -0.05) is 0 Å². The number of carbonyl (C=O) groups is 3. The highest BCUT2D eigenvalue weighted by atomic mass is 32.2. The monoisotopic (exact) mass is 611 g/mol. The van der Waals surface area contributed by atoms with Crippen LogP contribution in [0.1, 0.15) is 62.3 Å². The first kappa shape index (κ1) is 33.3. The van der Waals surface area contributed by atoms with Gasteiger partial charge in [0.25, 0.3) is 0 Å². The molecule has 0 aliphatic carbocycles. The quantitative estimate of drug-likeness (QED) is 0.117. The fourth-order valence-corrected chi connectivity index (χ4v) is 5.48. The maximum Gasteiger partial charge on any atom is 0.514 e. The Bertz CT molecular complexity index is 1220. The van der Waals surface area contributed by atoms with Gasteiger partial charge in [0.1, 0.15) is 34.1 Å². The van der Waals surface area contributed by atoms with Crippen molar-refractivity contribution in [1.82, 2.24) is 0 Å². The van der Waals surface area contributed by atoms with Gasteiger partial charge < -0.3 is 28.4 Å². The van der Waals surface area contributed by atoms with Crippen molar-refractivity contribution in [3.63, 3.8) is 0 Å². The van der Waals surface area contributed by atoms with Crippen LogP contribution in [0, 0.1) is 0 Å². The summed E-state index contributed by atoms with van der Waals surface area (Å²) in [6, 6.07) is 21.3. The second kappa shape index (κ2) is 13.4. The highest BCUT2D eigenvalue weighted by molar-refractivity contribution is 7.97. The third-order valence-corrected chi connectivity index (χ3v) is 7.18. The average Bonchev–Trinajstić information content (AvgIpc) is 2.84. The number of ether oxygens (including phenoxy) is 6. The summed E-state index contributed by atoms with van der Waals surface area (Å²) >= 11 is 0. The van der Waals surface area contributed by atoms with E-state index in [0.29, 0.717) is 17.2 Å². The van der Waals surface area contributed by atoms with Crippen molar-refractivity contribution in [3.8, 4) is 17.2 Å². The molecular weight excluding hydrogens is 572 g/mol. The van der Waals surface area contributed by atoms with Crippen molar-refractivity contribution in [3.05, 3.63) is 72.8 Å². The zero-order chi connectivity index (χ0) is 32.0. The van der Waals surface area contributed by atoms with Crippen LogP contribution in [-0.2, 0) is 25.1 Å². The lowest BCUT2D eigenvalue weighted by Crippen LogP contribution is -2.26. The van der Waals surface area contributed by atoms with Crippen LogP contribution in [0.5, 0.6) is 17.2 Å². The van der Waals surface area contributed by atoms with Crippen molar-refractivity contribution < 1.29 is 42.8 Å². The predicted molar refractivity (Wildman–Crippen MR) is 162 cm³/mol. The van der Waals surface area contributed by atoms with E-state index < -0.39 is 46.2 Å². The molecule has 0 bridgehead atoms. The molecular formula is C33H39O9S+. The van der Waals surface area contributed by atoms with Crippen molar-refractivity contribution in [1.29, 1.82) is 0 Å². The van der Waals surface area contributed by atoms with E-state index in [1.54, 1.807) is 98.7 Å². The lowest BCUT2D eigenvalue weighted by atomic mass is 10.2. The largest absolute Gasteiger partial charge is 0.514 e. The van der Waals surface area contributed by atoms with Gasteiger partial charge in [0, 0.05) is 0 Å². The summed E-state index contributed by atoms with van der Waals surface area (Å²) in [5, 5.41) is 0. The fourth-order valence-electron chi connectivity index (χ4n) is 3.44. The van der Waals surface area contributed by atoms with Crippen molar-refractivity contribution in [2.75, 3.05) is 0 Å². The van der Waals surface area contributed by atoms with Crippen LogP contribution in [0.2, 0.25) is 0 Å². The summed E-state index contributed by atoms with van der Waals surface area (Å²) in [5.41, 5.74) is -2.04.